The molecule has 3 amide bonds. The fourth-order valence-electron chi connectivity index (χ4n) is 5.13. The number of hydrogen-bond acceptors (Lipinski definition) is 5. The van der Waals surface area contributed by atoms with Gasteiger partial charge >= 0.3 is 0 Å². The normalized spacial score (nSPS) is 21.7. The maximum Gasteiger partial charge on any atom is 0.273 e. The molecule has 2 aromatic rings. The highest BCUT2D eigenvalue weighted by Crippen LogP contribution is 2.25. The van der Waals surface area contributed by atoms with Gasteiger partial charge in [0.1, 0.15) is 5.82 Å². The van der Waals surface area contributed by atoms with Gasteiger partial charge in [0.15, 0.2) is 0 Å². The summed E-state index contributed by atoms with van der Waals surface area (Å²) in [5.74, 6) is -1.63. The SMILES string of the molecule is Cc1ccc(C(=O)N2CCC[C@@H](C(=O)N[C@@H]3CCCC[C@H]3NC(=O)c3ccc(F)cc3)C2)cc1[N+](=O)[O-]. The number of amides is 3. The molecule has 0 bridgehead atoms. The summed E-state index contributed by atoms with van der Waals surface area (Å²) in [5.41, 5.74) is 0.957. The van der Waals surface area contributed by atoms with Crippen LogP contribution in [-0.2, 0) is 4.79 Å². The summed E-state index contributed by atoms with van der Waals surface area (Å²) in [6.45, 7) is 2.32. The molecular formula is C27H31FN4O5. The first-order chi connectivity index (χ1) is 17.7. The quantitative estimate of drug-likeness (QED) is 0.453. The summed E-state index contributed by atoms with van der Waals surface area (Å²) in [6.07, 6.45) is 4.57. The van der Waals surface area contributed by atoms with Crippen molar-refractivity contribution in [3.05, 3.63) is 75.1 Å². The van der Waals surface area contributed by atoms with Crippen molar-refractivity contribution >= 4 is 23.4 Å². The van der Waals surface area contributed by atoms with Gasteiger partial charge in [0, 0.05) is 47.9 Å². The van der Waals surface area contributed by atoms with Crippen molar-refractivity contribution < 1.29 is 23.7 Å². The Balaban J connectivity index is 1.38. The first kappa shape index (κ1) is 26.2. The number of aryl methyl sites for hydroxylation is 1. The minimum atomic E-state index is -0.506. The van der Waals surface area contributed by atoms with Gasteiger partial charge in [-0.25, -0.2) is 4.39 Å². The molecule has 4 rings (SSSR count). The number of piperidine rings is 1. The third-order valence-electron chi connectivity index (χ3n) is 7.25. The average molecular weight is 511 g/mol. The van der Waals surface area contributed by atoms with Crippen LogP contribution in [0.4, 0.5) is 10.1 Å². The van der Waals surface area contributed by atoms with Crippen LogP contribution in [0.2, 0.25) is 0 Å². The van der Waals surface area contributed by atoms with Gasteiger partial charge < -0.3 is 15.5 Å². The van der Waals surface area contributed by atoms with E-state index in [2.05, 4.69) is 10.6 Å². The Morgan fingerprint density at radius 1 is 0.946 bits per heavy atom. The fraction of sp³-hybridized carbons (Fsp3) is 0.444. The molecule has 0 unspecified atom stereocenters. The van der Waals surface area contributed by atoms with Crippen molar-refractivity contribution in [2.24, 2.45) is 5.92 Å². The third kappa shape index (κ3) is 6.31. The number of nitrogens with zero attached hydrogens (tertiary/aromatic N) is 2. The van der Waals surface area contributed by atoms with E-state index in [1.807, 2.05) is 0 Å². The maximum atomic E-state index is 13.2. The fourth-order valence-corrected chi connectivity index (χ4v) is 5.13. The van der Waals surface area contributed by atoms with Crippen LogP contribution in [0, 0.1) is 28.8 Å². The van der Waals surface area contributed by atoms with Gasteiger partial charge in [0.05, 0.1) is 10.8 Å². The molecule has 0 spiro atoms. The smallest absolute Gasteiger partial charge is 0.273 e. The van der Waals surface area contributed by atoms with E-state index in [9.17, 15) is 28.9 Å². The van der Waals surface area contributed by atoms with E-state index in [0.29, 0.717) is 30.5 Å². The van der Waals surface area contributed by atoms with Crippen LogP contribution < -0.4 is 10.6 Å². The number of nitrogens with one attached hydrogen (secondary N) is 2. The van der Waals surface area contributed by atoms with Gasteiger partial charge in [-0.15, -0.1) is 0 Å². The molecular weight excluding hydrogens is 479 g/mol. The lowest BCUT2D eigenvalue weighted by atomic mass is 9.88. The number of likely N-dealkylation sites (tertiary alicyclic amines) is 1. The number of halogens is 1. The third-order valence-corrected chi connectivity index (χ3v) is 7.25. The Morgan fingerprint density at radius 3 is 2.27 bits per heavy atom. The topological polar surface area (TPSA) is 122 Å². The predicted molar refractivity (Wildman–Crippen MR) is 135 cm³/mol. The van der Waals surface area contributed by atoms with Gasteiger partial charge in [-0.1, -0.05) is 18.9 Å². The highest BCUT2D eigenvalue weighted by molar-refractivity contribution is 5.96. The molecule has 0 aromatic heterocycles. The number of carbonyl (C=O) groups is 3. The monoisotopic (exact) mass is 510 g/mol. The molecule has 1 saturated heterocycles. The summed E-state index contributed by atoms with van der Waals surface area (Å²) < 4.78 is 13.2. The van der Waals surface area contributed by atoms with E-state index in [0.717, 1.165) is 25.7 Å². The van der Waals surface area contributed by atoms with E-state index in [4.69, 9.17) is 0 Å². The first-order valence-electron chi connectivity index (χ1n) is 12.6. The van der Waals surface area contributed by atoms with Crippen LogP contribution >= 0.6 is 0 Å². The lowest BCUT2D eigenvalue weighted by Crippen LogP contribution is -2.55. The zero-order valence-corrected chi connectivity index (χ0v) is 20.7. The Labute approximate surface area is 214 Å². The second kappa shape index (κ2) is 11.5. The van der Waals surface area contributed by atoms with E-state index in [1.165, 1.54) is 30.3 Å². The molecule has 9 nitrogen and oxygen atoms in total. The number of nitro benzene ring substituents is 1. The molecule has 2 fully saturated rings. The standard InChI is InChI=1S/C27H31FN4O5/c1-17-8-9-19(15-24(17)32(36)37)27(35)31-14-4-5-20(16-31)26(34)30-23-7-3-2-6-22(23)29-25(33)18-10-12-21(28)13-11-18/h8-13,15,20,22-23H,2-7,14,16H2,1H3,(H,29,33)(H,30,34)/t20-,22-,23-/m1/s1. The lowest BCUT2D eigenvalue weighted by Gasteiger charge is -2.36. The van der Waals surface area contributed by atoms with Crippen molar-refractivity contribution in [1.29, 1.82) is 0 Å². The van der Waals surface area contributed by atoms with Crippen molar-refractivity contribution in [2.45, 2.75) is 57.5 Å². The van der Waals surface area contributed by atoms with E-state index >= 15 is 0 Å². The van der Waals surface area contributed by atoms with Gasteiger partial charge in [0.2, 0.25) is 5.91 Å². The first-order valence-corrected chi connectivity index (χ1v) is 12.6. The molecule has 1 heterocycles. The van der Waals surface area contributed by atoms with Crippen molar-refractivity contribution in [3.63, 3.8) is 0 Å². The summed E-state index contributed by atoms with van der Waals surface area (Å²) >= 11 is 0. The molecule has 3 atom stereocenters. The van der Waals surface area contributed by atoms with Crippen molar-refractivity contribution in [3.8, 4) is 0 Å². The summed E-state index contributed by atoms with van der Waals surface area (Å²) in [6, 6.07) is 9.27. The number of benzene rings is 2. The van der Waals surface area contributed by atoms with Crippen LogP contribution in [0.25, 0.3) is 0 Å². The van der Waals surface area contributed by atoms with Crippen molar-refractivity contribution in [1.82, 2.24) is 15.5 Å². The molecule has 1 saturated carbocycles. The summed E-state index contributed by atoms with van der Waals surface area (Å²) in [5, 5.41) is 17.4. The van der Waals surface area contributed by atoms with Crippen LogP contribution in [0.3, 0.4) is 0 Å². The average Bonchev–Trinajstić information content (AvgIpc) is 2.90. The molecule has 2 aromatic carbocycles. The predicted octanol–water partition coefficient (Wildman–Crippen LogP) is 3.75. The zero-order valence-electron chi connectivity index (χ0n) is 20.7. The molecule has 0 radical (unpaired) electrons. The highest BCUT2D eigenvalue weighted by Gasteiger charge is 2.33. The van der Waals surface area contributed by atoms with Crippen LogP contribution in [0.5, 0.6) is 0 Å². The van der Waals surface area contributed by atoms with Crippen molar-refractivity contribution in [2.75, 3.05) is 13.1 Å². The van der Waals surface area contributed by atoms with E-state index in [-0.39, 0.29) is 47.6 Å². The Bertz CT molecular complexity index is 1190. The number of carbonyl (C=O) groups excluding carboxylic acids is 3. The zero-order chi connectivity index (χ0) is 26.5. The lowest BCUT2D eigenvalue weighted by molar-refractivity contribution is -0.385. The maximum absolute atomic E-state index is 13.2. The summed E-state index contributed by atoms with van der Waals surface area (Å²) in [7, 11) is 0. The van der Waals surface area contributed by atoms with Crippen LogP contribution in [0.1, 0.15) is 64.8 Å². The molecule has 37 heavy (non-hydrogen) atoms. The summed E-state index contributed by atoms with van der Waals surface area (Å²) in [4.78, 5) is 51.3. The largest absolute Gasteiger partial charge is 0.351 e. The minimum absolute atomic E-state index is 0.108. The molecule has 2 N–H and O–H groups in total. The van der Waals surface area contributed by atoms with Gasteiger partial charge in [-0.05, 0) is 62.9 Å². The minimum Gasteiger partial charge on any atom is -0.351 e. The molecule has 1 aliphatic heterocycles. The van der Waals surface area contributed by atoms with Gasteiger partial charge in [0.25, 0.3) is 17.5 Å². The molecule has 1 aliphatic carbocycles. The van der Waals surface area contributed by atoms with Gasteiger partial charge in [-0.2, -0.15) is 0 Å². The molecule has 2 aliphatic rings. The molecule has 196 valence electrons. The van der Waals surface area contributed by atoms with E-state index < -0.39 is 16.7 Å². The Kier molecular flexibility index (Phi) is 8.15. The van der Waals surface area contributed by atoms with Crippen LogP contribution in [-0.4, -0.2) is 52.7 Å². The van der Waals surface area contributed by atoms with Gasteiger partial charge in [-0.3, -0.25) is 24.5 Å². The van der Waals surface area contributed by atoms with Crippen LogP contribution in [0.15, 0.2) is 42.5 Å². The molecule has 10 heteroatoms. The second-order valence-corrected chi connectivity index (χ2v) is 9.84. The Hall–Kier alpha value is -3.82. The second-order valence-electron chi connectivity index (χ2n) is 9.84. The number of rotatable bonds is 6. The number of hydrogen-bond donors (Lipinski definition) is 2. The number of nitro groups is 1. The highest BCUT2D eigenvalue weighted by atomic mass is 19.1. The van der Waals surface area contributed by atoms with E-state index in [1.54, 1.807) is 24.0 Å². The Morgan fingerprint density at radius 2 is 1.59 bits per heavy atom.